The van der Waals surface area contributed by atoms with Crippen LogP contribution < -0.4 is 10.9 Å². The molecule has 1 saturated heterocycles. The van der Waals surface area contributed by atoms with Gasteiger partial charge < -0.3 is 10.3 Å². The van der Waals surface area contributed by atoms with Gasteiger partial charge in [-0.3, -0.25) is 14.9 Å². The Labute approximate surface area is 161 Å². The summed E-state index contributed by atoms with van der Waals surface area (Å²) in [6.45, 7) is 1.47. The summed E-state index contributed by atoms with van der Waals surface area (Å²) < 4.78 is 40.7. The van der Waals surface area contributed by atoms with Crippen LogP contribution in [0.1, 0.15) is 30.0 Å². The van der Waals surface area contributed by atoms with Crippen LogP contribution in [0, 0.1) is 10.1 Å². The fourth-order valence-electron chi connectivity index (χ4n) is 3.56. The Bertz CT molecular complexity index is 1120. The number of halogens is 4. The molecule has 0 saturated carbocycles. The molecule has 1 aromatic carbocycles. The van der Waals surface area contributed by atoms with Crippen molar-refractivity contribution in [1.29, 1.82) is 0 Å². The SMILES string of the molecule is Cl.O=c1cc(C2CCNCC2)n2nc3cc(C(F)(F)F)cc([N+](=O)[O-])c3c2[nH]1. The van der Waals surface area contributed by atoms with Crippen LogP contribution in [0.25, 0.3) is 16.6 Å². The lowest BCUT2D eigenvalue weighted by Crippen LogP contribution is -2.28. The fourth-order valence-corrected chi connectivity index (χ4v) is 3.56. The Kier molecular flexibility index (Phi) is 5.06. The molecule has 3 heterocycles. The summed E-state index contributed by atoms with van der Waals surface area (Å²) >= 11 is 0. The highest BCUT2D eigenvalue weighted by Crippen LogP contribution is 2.38. The molecular formula is C16H15ClF3N5O3. The van der Waals surface area contributed by atoms with Gasteiger partial charge in [-0.2, -0.15) is 18.3 Å². The number of benzene rings is 1. The van der Waals surface area contributed by atoms with E-state index >= 15 is 0 Å². The van der Waals surface area contributed by atoms with Gasteiger partial charge in [-0.05, 0) is 32.0 Å². The van der Waals surface area contributed by atoms with Crippen LogP contribution in [0.15, 0.2) is 23.0 Å². The summed E-state index contributed by atoms with van der Waals surface area (Å²) in [6.07, 6.45) is -3.30. The first-order valence-electron chi connectivity index (χ1n) is 8.27. The minimum atomic E-state index is -4.75. The third-order valence-corrected chi connectivity index (χ3v) is 4.80. The van der Waals surface area contributed by atoms with Crippen molar-refractivity contribution in [3.05, 3.63) is 49.9 Å². The summed E-state index contributed by atoms with van der Waals surface area (Å²) in [5.74, 6) is -0.0218. The van der Waals surface area contributed by atoms with Crippen molar-refractivity contribution in [2.45, 2.75) is 24.9 Å². The first-order chi connectivity index (χ1) is 12.8. The third kappa shape index (κ3) is 3.31. The number of hydrogen-bond donors (Lipinski definition) is 2. The number of aromatic amines is 1. The highest BCUT2D eigenvalue weighted by Gasteiger charge is 2.35. The van der Waals surface area contributed by atoms with E-state index in [1.807, 2.05) is 0 Å². The molecule has 0 amide bonds. The second-order valence-corrected chi connectivity index (χ2v) is 6.49. The minimum Gasteiger partial charge on any atom is -0.317 e. The molecule has 8 nitrogen and oxygen atoms in total. The van der Waals surface area contributed by atoms with Crippen molar-refractivity contribution in [3.8, 4) is 0 Å². The number of nitro benzene ring substituents is 1. The highest BCUT2D eigenvalue weighted by atomic mass is 35.5. The van der Waals surface area contributed by atoms with Crippen molar-refractivity contribution < 1.29 is 18.1 Å². The molecule has 0 atom stereocenters. The standard InChI is InChI=1S/C16H14F3N5O3.ClH/c17-16(18,19)9-5-10-14(12(6-9)24(26)27)15-21-13(25)7-11(23(15)22-10)8-1-3-20-4-2-8;/h5-8,20H,1-4H2,(H,21,25);1H. The molecule has 1 fully saturated rings. The molecule has 4 rings (SSSR count). The number of piperidine rings is 1. The molecule has 0 aliphatic carbocycles. The van der Waals surface area contributed by atoms with Crippen LogP contribution in [0.5, 0.6) is 0 Å². The van der Waals surface area contributed by atoms with Gasteiger partial charge in [0.2, 0.25) is 0 Å². The summed E-state index contributed by atoms with van der Waals surface area (Å²) in [7, 11) is 0. The fraction of sp³-hybridized carbons (Fsp3) is 0.375. The topological polar surface area (TPSA) is 105 Å². The van der Waals surface area contributed by atoms with Gasteiger partial charge in [0.25, 0.3) is 11.2 Å². The van der Waals surface area contributed by atoms with Crippen molar-refractivity contribution in [2.24, 2.45) is 0 Å². The number of non-ortho nitro benzene ring substituents is 1. The Morgan fingerprint density at radius 3 is 2.50 bits per heavy atom. The molecule has 3 aromatic rings. The van der Waals surface area contributed by atoms with Crippen LogP contribution in [0.2, 0.25) is 0 Å². The zero-order valence-electron chi connectivity index (χ0n) is 14.2. The van der Waals surface area contributed by atoms with Crippen molar-refractivity contribution in [1.82, 2.24) is 19.9 Å². The number of nitrogens with one attached hydrogen (secondary N) is 2. The molecule has 12 heteroatoms. The lowest BCUT2D eigenvalue weighted by molar-refractivity contribution is -0.383. The number of alkyl halides is 3. The van der Waals surface area contributed by atoms with Gasteiger partial charge in [0.15, 0.2) is 5.65 Å². The predicted molar refractivity (Wildman–Crippen MR) is 97.1 cm³/mol. The molecule has 0 unspecified atom stereocenters. The third-order valence-electron chi connectivity index (χ3n) is 4.80. The molecule has 0 bridgehead atoms. The van der Waals surface area contributed by atoms with Gasteiger partial charge in [-0.15, -0.1) is 12.4 Å². The quantitative estimate of drug-likeness (QED) is 0.492. The Hall–Kier alpha value is -2.66. The van der Waals surface area contributed by atoms with Gasteiger partial charge in [0, 0.05) is 18.1 Å². The molecular weight excluding hydrogens is 403 g/mol. The number of rotatable bonds is 2. The first-order valence-corrected chi connectivity index (χ1v) is 8.27. The van der Waals surface area contributed by atoms with E-state index in [0.717, 1.165) is 32.0 Å². The number of aromatic nitrogens is 3. The first kappa shape index (κ1) is 20.1. The maximum atomic E-state index is 13.1. The molecule has 1 aliphatic rings. The van der Waals surface area contributed by atoms with Crippen molar-refractivity contribution in [2.75, 3.05) is 13.1 Å². The molecule has 1 aliphatic heterocycles. The summed E-state index contributed by atoms with van der Waals surface area (Å²) in [6, 6.07) is 2.59. The minimum absolute atomic E-state index is 0. The number of nitro groups is 1. The van der Waals surface area contributed by atoms with Crippen LogP contribution in [-0.4, -0.2) is 32.6 Å². The molecule has 150 valence electrons. The van der Waals surface area contributed by atoms with E-state index in [9.17, 15) is 28.1 Å². The Morgan fingerprint density at radius 1 is 1.21 bits per heavy atom. The lowest BCUT2D eigenvalue weighted by atomic mass is 9.94. The van der Waals surface area contributed by atoms with Crippen LogP contribution in [-0.2, 0) is 6.18 Å². The van der Waals surface area contributed by atoms with Gasteiger partial charge in [0.1, 0.15) is 10.9 Å². The number of nitrogens with zero attached hydrogens (tertiary/aromatic N) is 3. The second-order valence-electron chi connectivity index (χ2n) is 6.49. The van der Waals surface area contributed by atoms with E-state index in [0.29, 0.717) is 11.8 Å². The van der Waals surface area contributed by atoms with E-state index in [4.69, 9.17) is 0 Å². The maximum absolute atomic E-state index is 13.1. The summed E-state index contributed by atoms with van der Waals surface area (Å²) in [5.41, 5.74) is -2.00. The number of hydrogen-bond acceptors (Lipinski definition) is 5. The van der Waals surface area contributed by atoms with E-state index in [-0.39, 0.29) is 34.9 Å². The second kappa shape index (κ2) is 7.06. The van der Waals surface area contributed by atoms with Crippen molar-refractivity contribution in [3.63, 3.8) is 0 Å². The van der Waals surface area contributed by atoms with E-state index < -0.39 is 27.9 Å². The van der Waals surface area contributed by atoms with Gasteiger partial charge in [0.05, 0.1) is 16.2 Å². The largest absolute Gasteiger partial charge is 0.416 e. The molecule has 2 N–H and O–H groups in total. The maximum Gasteiger partial charge on any atom is 0.416 e. The average molecular weight is 418 g/mol. The lowest BCUT2D eigenvalue weighted by Gasteiger charge is -2.22. The van der Waals surface area contributed by atoms with Crippen LogP contribution in [0.3, 0.4) is 0 Å². The molecule has 28 heavy (non-hydrogen) atoms. The van der Waals surface area contributed by atoms with Gasteiger partial charge in [-0.25, -0.2) is 4.52 Å². The monoisotopic (exact) mass is 417 g/mol. The number of fused-ring (bicyclic) bond motifs is 3. The highest BCUT2D eigenvalue weighted by molar-refractivity contribution is 6.00. The molecule has 2 aromatic heterocycles. The van der Waals surface area contributed by atoms with Gasteiger partial charge in [-0.1, -0.05) is 0 Å². The molecule has 0 spiro atoms. The molecule has 0 radical (unpaired) electrons. The van der Waals surface area contributed by atoms with Crippen LogP contribution in [0.4, 0.5) is 18.9 Å². The Balaban J connectivity index is 0.00000225. The number of H-pyrrole nitrogens is 1. The zero-order chi connectivity index (χ0) is 19.3. The van der Waals surface area contributed by atoms with Crippen LogP contribution >= 0.6 is 12.4 Å². The summed E-state index contributed by atoms with van der Waals surface area (Å²) in [5, 5.41) is 18.7. The predicted octanol–water partition coefficient (Wildman–Crippen LogP) is 2.99. The van der Waals surface area contributed by atoms with E-state index in [1.54, 1.807) is 0 Å². The Morgan fingerprint density at radius 2 is 1.89 bits per heavy atom. The normalized spacial score (nSPS) is 15.7. The smallest absolute Gasteiger partial charge is 0.317 e. The average Bonchev–Trinajstić information content (AvgIpc) is 2.98. The van der Waals surface area contributed by atoms with Crippen molar-refractivity contribution >= 4 is 34.6 Å². The zero-order valence-corrected chi connectivity index (χ0v) is 15.1. The van der Waals surface area contributed by atoms with E-state index in [2.05, 4.69) is 15.4 Å². The summed E-state index contributed by atoms with van der Waals surface area (Å²) in [4.78, 5) is 25.1. The van der Waals surface area contributed by atoms with E-state index in [1.165, 1.54) is 10.6 Å². The van der Waals surface area contributed by atoms with Gasteiger partial charge >= 0.3 is 6.18 Å².